The Labute approximate surface area is 112 Å². The van der Waals surface area contributed by atoms with E-state index in [4.69, 9.17) is 11.6 Å². The Balaban J connectivity index is 2.00. The molecule has 1 spiro atoms. The maximum atomic E-state index is 12.6. The van der Waals surface area contributed by atoms with Gasteiger partial charge in [-0.3, -0.25) is 4.79 Å². The lowest BCUT2D eigenvalue weighted by Crippen LogP contribution is -2.44. The lowest BCUT2D eigenvalue weighted by atomic mass is 9.62. The second-order valence-electron chi connectivity index (χ2n) is 5.84. The lowest BCUT2D eigenvalue weighted by Gasteiger charge is -2.40. The molecule has 0 heterocycles. The van der Waals surface area contributed by atoms with E-state index in [9.17, 15) is 4.79 Å². The van der Waals surface area contributed by atoms with Crippen molar-refractivity contribution in [1.29, 1.82) is 0 Å². The number of hydrogen-bond donors (Lipinski definition) is 0. The molecule has 2 heteroatoms. The summed E-state index contributed by atoms with van der Waals surface area (Å²) in [6, 6.07) is 6.11. The first kappa shape index (κ1) is 10.8. The van der Waals surface area contributed by atoms with Crippen molar-refractivity contribution in [3.05, 3.63) is 46.0 Å². The summed E-state index contributed by atoms with van der Waals surface area (Å²) in [6.45, 7) is 0. The third-order valence-corrected chi connectivity index (χ3v) is 5.38. The van der Waals surface area contributed by atoms with Gasteiger partial charge in [-0.05, 0) is 48.8 Å². The van der Waals surface area contributed by atoms with E-state index in [2.05, 4.69) is 12.1 Å². The highest BCUT2D eigenvalue weighted by Crippen LogP contribution is 2.58. The molecule has 0 N–H and O–H groups in total. The van der Waals surface area contributed by atoms with Gasteiger partial charge in [0.1, 0.15) is 5.78 Å². The maximum absolute atomic E-state index is 12.6. The summed E-state index contributed by atoms with van der Waals surface area (Å²) in [7, 11) is 0. The molecular weight excluding hydrogens is 244 g/mol. The molecule has 3 aliphatic rings. The van der Waals surface area contributed by atoms with Crippen LogP contribution in [0.25, 0.3) is 0 Å². The van der Waals surface area contributed by atoms with Crippen LogP contribution < -0.4 is 0 Å². The number of carbonyl (C=O) groups is 1. The minimum absolute atomic E-state index is 0.268. The number of rotatable bonds is 0. The average Bonchev–Trinajstić information content (AvgIpc) is 2.95. The number of fused-ring (bicyclic) bond motifs is 5. The number of halogens is 1. The Kier molecular flexibility index (Phi) is 2.09. The van der Waals surface area contributed by atoms with Crippen molar-refractivity contribution in [3.8, 4) is 0 Å². The van der Waals surface area contributed by atoms with Crippen LogP contribution in [0, 0.1) is 5.92 Å². The molecule has 0 aliphatic heterocycles. The molecule has 4 rings (SSSR count). The fourth-order valence-corrected chi connectivity index (χ4v) is 4.68. The third-order valence-electron chi connectivity index (χ3n) is 5.07. The smallest absolute Gasteiger partial charge is 0.144 e. The first-order chi connectivity index (χ1) is 8.72. The number of carbonyl (C=O) groups excluding carboxylic acids is 1. The molecule has 1 aromatic carbocycles. The van der Waals surface area contributed by atoms with Crippen molar-refractivity contribution >= 4 is 17.4 Å². The van der Waals surface area contributed by atoms with Crippen LogP contribution in [0.5, 0.6) is 0 Å². The molecule has 92 valence electrons. The Morgan fingerprint density at radius 2 is 2.17 bits per heavy atom. The minimum atomic E-state index is -0.268. The first-order valence-electron chi connectivity index (χ1n) is 6.71. The Morgan fingerprint density at radius 1 is 1.28 bits per heavy atom. The van der Waals surface area contributed by atoms with E-state index in [1.165, 1.54) is 11.1 Å². The second kappa shape index (κ2) is 3.48. The number of Topliss-reactive ketones (excluding diaryl/α,β-unsaturated/α-hetero) is 1. The van der Waals surface area contributed by atoms with Gasteiger partial charge in [0.25, 0.3) is 0 Å². The molecular formula is C16H15ClO. The summed E-state index contributed by atoms with van der Waals surface area (Å²) in [5.41, 5.74) is 3.67. The molecule has 0 amide bonds. The quantitative estimate of drug-likeness (QED) is 0.647. The standard InChI is InChI=1S/C16H15ClO/c17-13-3-1-2-11-5-7-14(18)16(15(11)13)9-10-4-6-12(16)8-10/h1-4,12H,5-9H2. The number of aryl methyl sites for hydroxylation is 1. The zero-order valence-corrected chi connectivity index (χ0v) is 11.0. The summed E-state index contributed by atoms with van der Waals surface area (Å²) < 4.78 is 0. The van der Waals surface area contributed by atoms with Gasteiger partial charge in [-0.25, -0.2) is 0 Å². The highest BCUT2D eigenvalue weighted by Gasteiger charge is 2.55. The number of ketones is 1. The molecule has 0 saturated heterocycles. The Bertz CT molecular complexity index is 587. The highest BCUT2D eigenvalue weighted by atomic mass is 35.5. The van der Waals surface area contributed by atoms with Crippen LogP contribution in [-0.2, 0) is 16.6 Å². The molecule has 1 aromatic rings. The molecule has 1 nitrogen and oxygen atoms in total. The van der Waals surface area contributed by atoms with E-state index in [1.807, 2.05) is 12.1 Å². The molecule has 0 radical (unpaired) electrons. The van der Waals surface area contributed by atoms with Crippen LogP contribution in [0.4, 0.5) is 0 Å². The van der Waals surface area contributed by atoms with Crippen LogP contribution in [0.1, 0.15) is 36.8 Å². The van der Waals surface area contributed by atoms with E-state index in [0.29, 0.717) is 18.1 Å². The summed E-state index contributed by atoms with van der Waals surface area (Å²) in [6.07, 6.45) is 6.98. The molecule has 1 saturated carbocycles. The van der Waals surface area contributed by atoms with Crippen LogP contribution >= 0.6 is 11.6 Å². The van der Waals surface area contributed by atoms with Crippen molar-refractivity contribution in [2.75, 3.05) is 0 Å². The van der Waals surface area contributed by atoms with Crippen molar-refractivity contribution < 1.29 is 4.79 Å². The molecule has 3 aliphatic carbocycles. The van der Waals surface area contributed by atoms with Gasteiger partial charge >= 0.3 is 0 Å². The second-order valence-corrected chi connectivity index (χ2v) is 6.25. The molecule has 1 fully saturated rings. The van der Waals surface area contributed by atoms with Crippen LogP contribution in [0.2, 0.25) is 5.02 Å². The predicted molar refractivity (Wildman–Crippen MR) is 71.9 cm³/mol. The van der Waals surface area contributed by atoms with E-state index < -0.39 is 0 Å². The number of benzene rings is 1. The van der Waals surface area contributed by atoms with Gasteiger partial charge in [-0.2, -0.15) is 0 Å². The Hall–Kier alpha value is -1.08. The Morgan fingerprint density at radius 3 is 2.89 bits per heavy atom. The van der Waals surface area contributed by atoms with E-state index >= 15 is 0 Å². The summed E-state index contributed by atoms with van der Waals surface area (Å²) in [4.78, 5) is 12.6. The van der Waals surface area contributed by atoms with E-state index in [-0.39, 0.29) is 5.41 Å². The molecule has 2 bridgehead atoms. The SMILES string of the molecule is O=C1CCc2cccc(Cl)c2C12CC1=CCC2C1. The minimum Gasteiger partial charge on any atom is -0.299 e. The number of hydrogen-bond acceptors (Lipinski definition) is 1. The summed E-state index contributed by atoms with van der Waals surface area (Å²) in [5.74, 6) is 0.898. The van der Waals surface area contributed by atoms with Gasteiger partial charge in [0, 0.05) is 11.4 Å². The zero-order valence-electron chi connectivity index (χ0n) is 10.2. The van der Waals surface area contributed by atoms with Crippen LogP contribution in [0.15, 0.2) is 29.8 Å². The fraction of sp³-hybridized carbons (Fsp3) is 0.438. The molecule has 0 aromatic heterocycles. The van der Waals surface area contributed by atoms with Crippen molar-refractivity contribution in [2.45, 2.75) is 37.5 Å². The number of allylic oxidation sites excluding steroid dienone is 2. The van der Waals surface area contributed by atoms with Gasteiger partial charge in [0.2, 0.25) is 0 Å². The van der Waals surface area contributed by atoms with Gasteiger partial charge in [0.15, 0.2) is 0 Å². The lowest BCUT2D eigenvalue weighted by molar-refractivity contribution is -0.126. The zero-order chi connectivity index (χ0) is 12.3. The third kappa shape index (κ3) is 1.16. The maximum Gasteiger partial charge on any atom is 0.144 e. The van der Waals surface area contributed by atoms with E-state index in [0.717, 1.165) is 36.3 Å². The largest absolute Gasteiger partial charge is 0.299 e. The van der Waals surface area contributed by atoms with E-state index in [1.54, 1.807) is 0 Å². The van der Waals surface area contributed by atoms with Crippen molar-refractivity contribution in [3.63, 3.8) is 0 Å². The molecule has 2 unspecified atom stereocenters. The molecule has 2 atom stereocenters. The first-order valence-corrected chi connectivity index (χ1v) is 7.08. The fourth-order valence-electron chi connectivity index (χ4n) is 4.32. The van der Waals surface area contributed by atoms with Gasteiger partial charge in [0.05, 0.1) is 5.41 Å². The van der Waals surface area contributed by atoms with Gasteiger partial charge < -0.3 is 0 Å². The van der Waals surface area contributed by atoms with Gasteiger partial charge in [-0.15, -0.1) is 0 Å². The van der Waals surface area contributed by atoms with Crippen molar-refractivity contribution in [2.24, 2.45) is 5.92 Å². The predicted octanol–water partition coefficient (Wildman–Crippen LogP) is 3.83. The van der Waals surface area contributed by atoms with Crippen LogP contribution in [0.3, 0.4) is 0 Å². The highest BCUT2D eigenvalue weighted by molar-refractivity contribution is 6.32. The van der Waals surface area contributed by atoms with Crippen LogP contribution in [-0.4, -0.2) is 5.78 Å². The van der Waals surface area contributed by atoms with Gasteiger partial charge in [-0.1, -0.05) is 35.4 Å². The van der Waals surface area contributed by atoms with Crippen molar-refractivity contribution in [1.82, 2.24) is 0 Å². The summed E-state index contributed by atoms with van der Waals surface area (Å²) in [5, 5.41) is 0.800. The molecule has 18 heavy (non-hydrogen) atoms. The topological polar surface area (TPSA) is 17.1 Å². The monoisotopic (exact) mass is 258 g/mol. The normalized spacial score (nSPS) is 32.8. The summed E-state index contributed by atoms with van der Waals surface area (Å²) >= 11 is 6.44. The average molecular weight is 259 g/mol.